The van der Waals surface area contributed by atoms with E-state index >= 15 is 0 Å². The second-order valence-electron chi connectivity index (χ2n) is 6.37. The van der Waals surface area contributed by atoms with Crippen molar-refractivity contribution in [3.05, 3.63) is 65.2 Å². The molecule has 26 heavy (non-hydrogen) atoms. The maximum absolute atomic E-state index is 12.2. The Labute approximate surface area is 151 Å². The maximum atomic E-state index is 12.2. The highest BCUT2D eigenvalue weighted by Gasteiger charge is 2.35. The first-order chi connectivity index (χ1) is 12.5. The summed E-state index contributed by atoms with van der Waals surface area (Å²) in [6, 6.07) is 13.0. The fourth-order valence-corrected chi connectivity index (χ4v) is 2.51. The number of carbonyl (C=O) groups excluding carboxylic acids is 3. The molecule has 0 atom stereocenters. The number of amides is 2. The van der Waals surface area contributed by atoms with E-state index in [0.717, 1.165) is 4.90 Å². The van der Waals surface area contributed by atoms with Crippen molar-refractivity contribution >= 4 is 17.8 Å². The minimum absolute atomic E-state index is 0.318. The van der Waals surface area contributed by atoms with Gasteiger partial charge in [-0.15, -0.1) is 0 Å². The molecule has 0 saturated heterocycles. The molecule has 134 valence electrons. The smallest absolute Gasteiger partial charge is 0.339 e. The molecular formula is C20H19NO5. The number of rotatable bonds is 6. The average Bonchev–Trinajstić information content (AvgIpc) is 2.89. The lowest BCUT2D eigenvalue weighted by molar-refractivity contribution is 0.0228. The van der Waals surface area contributed by atoms with Crippen LogP contribution in [0.5, 0.6) is 5.75 Å². The van der Waals surface area contributed by atoms with Crippen LogP contribution in [0.1, 0.15) is 44.9 Å². The van der Waals surface area contributed by atoms with Crippen LogP contribution in [0.4, 0.5) is 0 Å². The number of nitrogens with zero attached hydrogens (tertiary/aromatic N) is 1. The predicted octanol–water partition coefficient (Wildman–Crippen LogP) is 3.13. The first-order valence-electron chi connectivity index (χ1n) is 8.32. The van der Waals surface area contributed by atoms with Crippen LogP contribution in [-0.4, -0.2) is 36.0 Å². The van der Waals surface area contributed by atoms with Crippen molar-refractivity contribution in [1.82, 2.24) is 4.90 Å². The molecule has 0 spiro atoms. The summed E-state index contributed by atoms with van der Waals surface area (Å²) < 4.78 is 10.7. The van der Waals surface area contributed by atoms with Gasteiger partial charge in [-0.2, -0.15) is 0 Å². The van der Waals surface area contributed by atoms with E-state index < -0.39 is 24.5 Å². The van der Waals surface area contributed by atoms with Crippen LogP contribution in [0.2, 0.25) is 0 Å². The van der Waals surface area contributed by atoms with E-state index in [9.17, 15) is 14.4 Å². The Morgan fingerprint density at radius 1 is 0.962 bits per heavy atom. The largest absolute Gasteiger partial charge is 0.493 e. The number of hydrogen-bond acceptors (Lipinski definition) is 5. The molecule has 0 fully saturated rings. The highest BCUT2D eigenvalue weighted by molar-refractivity contribution is 6.21. The second kappa shape index (κ2) is 7.39. The zero-order valence-corrected chi connectivity index (χ0v) is 14.6. The van der Waals surface area contributed by atoms with Crippen molar-refractivity contribution in [3.63, 3.8) is 0 Å². The summed E-state index contributed by atoms with van der Waals surface area (Å²) in [5.41, 5.74) is 0.957. The molecule has 0 aromatic heterocycles. The van der Waals surface area contributed by atoms with Gasteiger partial charge < -0.3 is 9.47 Å². The molecule has 1 aliphatic heterocycles. The SMILES string of the molecule is CC(C)COc1ccc(C(=O)OCN2C(=O)c3ccccc3C2=O)cc1. The molecule has 6 nitrogen and oxygen atoms in total. The highest BCUT2D eigenvalue weighted by Crippen LogP contribution is 2.22. The summed E-state index contributed by atoms with van der Waals surface area (Å²) in [5, 5.41) is 0. The predicted molar refractivity (Wildman–Crippen MR) is 94.0 cm³/mol. The van der Waals surface area contributed by atoms with E-state index in [4.69, 9.17) is 9.47 Å². The molecule has 0 radical (unpaired) electrons. The van der Waals surface area contributed by atoms with Crippen LogP contribution in [-0.2, 0) is 4.74 Å². The van der Waals surface area contributed by atoms with Crippen LogP contribution in [0.25, 0.3) is 0 Å². The van der Waals surface area contributed by atoms with Crippen LogP contribution in [0, 0.1) is 5.92 Å². The van der Waals surface area contributed by atoms with Gasteiger partial charge in [0, 0.05) is 0 Å². The molecule has 6 heteroatoms. The Morgan fingerprint density at radius 3 is 2.08 bits per heavy atom. The van der Waals surface area contributed by atoms with Crippen molar-refractivity contribution in [1.29, 1.82) is 0 Å². The number of hydrogen-bond donors (Lipinski definition) is 0. The topological polar surface area (TPSA) is 72.9 Å². The molecule has 1 aliphatic rings. The van der Waals surface area contributed by atoms with Crippen molar-refractivity contribution < 1.29 is 23.9 Å². The average molecular weight is 353 g/mol. The Hall–Kier alpha value is -3.15. The molecule has 0 saturated carbocycles. The van der Waals surface area contributed by atoms with Gasteiger partial charge in [0.05, 0.1) is 23.3 Å². The van der Waals surface area contributed by atoms with Gasteiger partial charge in [-0.05, 0) is 42.3 Å². The van der Waals surface area contributed by atoms with Crippen LogP contribution < -0.4 is 4.74 Å². The fraction of sp³-hybridized carbons (Fsp3) is 0.250. The molecule has 0 unspecified atom stereocenters. The van der Waals surface area contributed by atoms with Crippen molar-refractivity contribution in [2.24, 2.45) is 5.92 Å². The van der Waals surface area contributed by atoms with Gasteiger partial charge in [-0.1, -0.05) is 26.0 Å². The summed E-state index contributed by atoms with van der Waals surface area (Å²) in [6.07, 6.45) is 0. The molecule has 0 bridgehead atoms. The van der Waals surface area contributed by atoms with Gasteiger partial charge in [0.2, 0.25) is 0 Å². The Balaban J connectivity index is 1.59. The second-order valence-corrected chi connectivity index (χ2v) is 6.37. The molecule has 2 aromatic rings. The Kier molecular flexibility index (Phi) is 5.02. The number of ether oxygens (including phenoxy) is 2. The van der Waals surface area contributed by atoms with Crippen LogP contribution in [0.15, 0.2) is 48.5 Å². The lowest BCUT2D eigenvalue weighted by Gasteiger charge is -2.14. The van der Waals surface area contributed by atoms with Crippen molar-refractivity contribution in [3.8, 4) is 5.75 Å². The third kappa shape index (κ3) is 3.59. The molecule has 0 N–H and O–H groups in total. The van der Waals surface area contributed by atoms with Gasteiger partial charge >= 0.3 is 5.97 Å². The third-order valence-corrected chi connectivity index (χ3v) is 3.88. The van der Waals surface area contributed by atoms with Gasteiger partial charge in [0.1, 0.15) is 5.75 Å². The molecule has 2 aromatic carbocycles. The first kappa shape index (κ1) is 17.7. The zero-order valence-electron chi connectivity index (χ0n) is 14.6. The summed E-state index contributed by atoms with van der Waals surface area (Å²) in [5.74, 6) is -0.474. The van der Waals surface area contributed by atoms with Crippen molar-refractivity contribution in [2.45, 2.75) is 13.8 Å². The van der Waals surface area contributed by atoms with Crippen LogP contribution >= 0.6 is 0 Å². The maximum Gasteiger partial charge on any atom is 0.339 e. The molecule has 2 amide bonds. The number of fused-ring (bicyclic) bond motifs is 1. The van der Waals surface area contributed by atoms with Gasteiger partial charge in [-0.25, -0.2) is 9.69 Å². The first-order valence-corrected chi connectivity index (χ1v) is 8.32. The van der Waals surface area contributed by atoms with E-state index in [-0.39, 0.29) is 0 Å². The lowest BCUT2D eigenvalue weighted by Crippen LogP contribution is -2.33. The summed E-state index contributed by atoms with van der Waals surface area (Å²) in [4.78, 5) is 37.5. The number of benzene rings is 2. The van der Waals surface area contributed by atoms with E-state index in [0.29, 0.717) is 35.0 Å². The van der Waals surface area contributed by atoms with Crippen LogP contribution in [0.3, 0.4) is 0 Å². The van der Waals surface area contributed by atoms with E-state index in [2.05, 4.69) is 0 Å². The Bertz CT molecular complexity index is 807. The number of esters is 1. The van der Waals surface area contributed by atoms with Crippen molar-refractivity contribution in [2.75, 3.05) is 13.3 Å². The van der Waals surface area contributed by atoms with Gasteiger partial charge in [0.25, 0.3) is 11.8 Å². The van der Waals surface area contributed by atoms with E-state index in [1.807, 2.05) is 13.8 Å². The third-order valence-electron chi connectivity index (χ3n) is 3.88. The minimum atomic E-state index is -0.614. The molecule has 1 heterocycles. The monoisotopic (exact) mass is 353 g/mol. The Morgan fingerprint density at radius 2 is 1.54 bits per heavy atom. The fourth-order valence-electron chi connectivity index (χ4n) is 2.51. The quantitative estimate of drug-likeness (QED) is 0.589. The highest BCUT2D eigenvalue weighted by atomic mass is 16.5. The van der Waals surface area contributed by atoms with Gasteiger partial charge in [-0.3, -0.25) is 9.59 Å². The molecular weight excluding hydrogens is 334 g/mol. The van der Waals surface area contributed by atoms with E-state index in [1.54, 1.807) is 48.5 Å². The minimum Gasteiger partial charge on any atom is -0.493 e. The zero-order chi connectivity index (χ0) is 18.7. The summed E-state index contributed by atoms with van der Waals surface area (Å²) in [6.45, 7) is 4.26. The number of carbonyl (C=O) groups is 3. The summed E-state index contributed by atoms with van der Waals surface area (Å²) in [7, 11) is 0. The van der Waals surface area contributed by atoms with E-state index in [1.165, 1.54) is 0 Å². The standard InChI is InChI=1S/C20H19NO5/c1-13(2)11-25-15-9-7-14(8-10-15)20(24)26-12-21-18(22)16-5-3-4-6-17(16)19(21)23/h3-10,13H,11-12H2,1-2H3. The lowest BCUT2D eigenvalue weighted by atomic mass is 10.1. The number of imide groups is 1. The molecule has 3 rings (SSSR count). The van der Waals surface area contributed by atoms with Gasteiger partial charge in [0.15, 0.2) is 6.73 Å². The normalized spacial score (nSPS) is 13.1. The summed E-state index contributed by atoms with van der Waals surface area (Å²) >= 11 is 0. The molecule has 0 aliphatic carbocycles.